The molecule has 3 aromatic heterocycles. The highest BCUT2D eigenvalue weighted by molar-refractivity contribution is 6.01. The van der Waals surface area contributed by atoms with Gasteiger partial charge in [0.05, 0.1) is 49.3 Å². The lowest BCUT2D eigenvalue weighted by molar-refractivity contribution is -0.135. The van der Waals surface area contributed by atoms with Gasteiger partial charge in [-0.1, -0.05) is 24.3 Å². The van der Waals surface area contributed by atoms with Gasteiger partial charge in [0, 0.05) is 69.1 Å². The second-order valence-corrected chi connectivity index (χ2v) is 15.1. The number of carbonyl (C=O) groups excluding carboxylic acids is 2. The van der Waals surface area contributed by atoms with Crippen molar-refractivity contribution < 1.29 is 27.8 Å². The largest absolute Gasteiger partial charge is 0.496 e. The molecule has 2 amide bonds. The third kappa shape index (κ3) is 6.04. The number of nitrogens with one attached hydrogen (secondary N) is 1. The van der Waals surface area contributed by atoms with Crippen LogP contribution in [0.15, 0.2) is 76.6 Å². The molecule has 0 saturated carbocycles. The number of aromatic nitrogens is 4. The van der Waals surface area contributed by atoms with Crippen LogP contribution in [0.4, 0.5) is 14.6 Å². The quantitative estimate of drug-likeness (QED) is 0.215. The van der Waals surface area contributed by atoms with Crippen LogP contribution in [0, 0.1) is 0 Å². The average molecular weight is 776 g/mol. The number of halogens is 2. The van der Waals surface area contributed by atoms with Crippen LogP contribution in [-0.2, 0) is 43.3 Å². The van der Waals surface area contributed by atoms with Gasteiger partial charge in [-0.2, -0.15) is 0 Å². The number of piperidine rings is 1. The number of anilines is 1. The van der Waals surface area contributed by atoms with E-state index in [0.29, 0.717) is 64.3 Å². The van der Waals surface area contributed by atoms with Crippen molar-refractivity contribution in [3.05, 3.63) is 105 Å². The third-order valence-electron chi connectivity index (χ3n) is 11.5. The van der Waals surface area contributed by atoms with Crippen LogP contribution in [0.1, 0.15) is 35.6 Å². The molecule has 1 unspecified atom stereocenters. The molecule has 2 saturated heterocycles. The molecule has 57 heavy (non-hydrogen) atoms. The Morgan fingerprint density at radius 2 is 1.61 bits per heavy atom. The molecule has 9 rings (SSSR count). The predicted molar refractivity (Wildman–Crippen MR) is 210 cm³/mol. The monoisotopic (exact) mass is 775 g/mol. The van der Waals surface area contributed by atoms with Crippen molar-refractivity contribution in [2.24, 2.45) is 14.1 Å². The molecule has 1 atom stereocenters. The molecule has 1 N–H and O–H groups in total. The maximum atomic E-state index is 13.7. The number of nitrogens with zero attached hydrogens (tertiary/aromatic N) is 6. The summed E-state index contributed by atoms with van der Waals surface area (Å²) in [7, 11) is 6.55. The Labute approximate surface area is 324 Å². The summed E-state index contributed by atoms with van der Waals surface area (Å²) in [6, 6.07) is 16.7. The lowest BCUT2D eigenvalue weighted by Gasteiger charge is -2.39. The Hall–Kier alpha value is -6.35. The van der Waals surface area contributed by atoms with Gasteiger partial charge in [-0.15, -0.1) is 0 Å². The number of methoxy groups -OCH3 is 2. The van der Waals surface area contributed by atoms with E-state index in [4.69, 9.17) is 9.47 Å². The van der Waals surface area contributed by atoms with Gasteiger partial charge in [-0.25, -0.2) is 18.6 Å². The number of para-hydroxylation sites is 1. The van der Waals surface area contributed by atoms with Crippen molar-refractivity contribution in [1.29, 1.82) is 0 Å². The molecule has 3 aliphatic heterocycles. The third-order valence-corrected chi connectivity index (χ3v) is 11.5. The summed E-state index contributed by atoms with van der Waals surface area (Å²) in [6.45, 7) is 0.957. The second kappa shape index (κ2) is 13.4. The fourth-order valence-corrected chi connectivity index (χ4v) is 8.59. The molecule has 3 aromatic carbocycles. The molecular formula is C42H39F2N7O6. The summed E-state index contributed by atoms with van der Waals surface area (Å²) in [4.78, 5) is 59.4. The first kappa shape index (κ1) is 36.3. The van der Waals surface area contributed by atoms with E-state index in [-0.39, 0.29) is 30.0 Å². The van der Waals surface area contributed by atoms with Crippen LogP contribution in [0.3, 0.4) is 0 Å². The van der Waals surface area contributed by atoms with Gasteiger partial charge in [0.15, 0.2) is 0 Å². The molecule has 0 spiro atoms. The molecule has 292 valence electrons. The highest BCUT2D eigenvalue weighted by Crippen LogP contribution is 2.41. The predicted octanol–water partition coefficient (Wildman–Crippen LogP) is 4.89. The summed E-state index contributed by atoms with van der Waals surface area (Å²) in [5.74, 6) is -2.03. The molecule has 0 bridgehead atoms. The van der Waals surface area contributed by atoms with Crippen molar-refractivity contribution in [3.8, 4) is 33.8 Å². The number of rotatable bonds is 8. The lowest BCUT2D eigenvalue weighted by atomic mass is 9.98. The van der Waals surface area contributed by atoms with Crippen molar-refractivity contribution in [1.82, 2.24) is 28.9 Å². The number of hydrogen-bond donors (Lipinski definition) is 1. The summed E-state index contributed by atoms with van der Waals surface area (Å²) in [6.07, 6.45) is 3.60. The number of benzene rings is 3. The maximum absolute atomic E-state index is 13.7. The van der Waals surface area contributed by atoms with Gasteiger partial charge in [-0.05, 0) is 59.0 Å². The fourth-order valence-electron chi connectivity index (χ4n) is 8.59. The molecule has 6 heterocycles. The molecule has 6 aromatic rings. The first-order valence-electron chi connectivity index (χ1n) is 18.6. The highest BCUT2D eigenvalue weighted by Gasteiger charge is 2.44. The molecule has 0 radical (unpaired) electrons. The summed E-state index contributed by atoms with van der Waals surface area (Å²) in [5.41, 5.74) is 7.11. The van der Waals surface area contributed by atoms with E-state index in [0.717, 1.165) is 33.4 Å². The van der Waals surface area contributed by atoms with Crippen LogP contribution in [0.25, 0.3) is 44.1 Å². The molecule has 3 aliphatic rings. The van der Waals surface area contributed by atoms with Crippen LogP contribution in [0.5, 0.6) is 11.5 Å². The summed E-state index contributed by atoms with van der Waals surface area (Å²) >= 11 is 0. The Bertz CT molecular complexity index is 2780. The zero-order chi connectivity index (χ0) is 39.9. The smallest absolute Gasteiger partial charge is 0.329 e. The van der Waals surface area contributed by atoms with E-state index in [1.807, 2.05) is 36.4 Å². The van der Waals surface area contributed by atoms with E-state index in [2.05, 4.69) is 27.3 Å². The van der Waals surface area contributed by atoms with Crippen molar-refractivity contribution in [2.45, 2.75) is 44.4 Å². The first-order valence-corrected chi connectivity index (χ1v) is 18.6. The van der Waals surface area contributed by atoms with Crippen molar-refractivity contribution in [3.63, 3.8) is 0 Å². The standard InChI is InChI=1S/C42H39F2N7O6/c1-47-19-30(28-15-36(45-16-29(28)40(47)54)50-21-42(43,44)22-50)25-13-34(56-3)31(35(14-25)57-4)20-49-17-24-9-8-23(12-26(24)18-49)27-6-5-7-32-38(27)48(2)41(55)51(32)33-10-11-37(52)46-39(33)53/h5-9,12-16,19,33H,10-11,17-18,20-22H2,1-4H3,(H,46,52,53). The Morgan fingerprint density at radius 3 is 2.32 bits per heavy atom. The summed E-state index contributed by atoms with van der Waals surface area (Å²) < 4.78 is 43.9. The van der Waals surface area contributed by atoms with Gasteiger partial charge in [0.25, 0.3) is 11.5 Å². The number of aryl methyl sites for hydroxylation is 2. The number of carbonyl (C=O) groups is 2. The number of alkyl halides is 2. The zero-order valence-corrected chi connectivity index (χ0v) is 31.8. The number of pyridine rings is 2. The minimum absolute atomic E-state index is 0.166. The van der Waals surface area contributed by atoms with E-state index in [1.54, 1.807) is 45.1 Å². The number of imide groups is 1. The van der Waals surface area contributed by atoms with Crippen LogP contribution >= 0.6 is 0 Å². The summed E-state index contributed by atoms with van der Waals surface area (Å²) in [5, 5.41) is 3.32. The van der Waals surface area contributed by atoms with Crippen LogP contribution in [0.2, 0.25) is 0 Å². The number of imidazole rings is 1. The average Bonchev–Trinajstić information content (AvgIpc) is 3.71. The van der Waals surface area contributed by atoms with E-state index < -0.39 is 31.0 Å². The van der Waals surface area contributed by atoms with Crippen molar-refractivity contribution in [2.75, 3.05) is 32.2 Å². The lowest BCUT2D eigenvalue weighted by Crippen LogP contribution is -2.56. The number of fused-ring (bicyclic) bond motifs is 3. The first-order chi connectivity index (χ1) is 27.3. The Balaban J connectivity index is 1.02. The topological polar surface area (TPSA) is 133 Å². The Morgan fingerprint density at radius 1 is 0.877 bits per heavy atom. The minimum Gasteiger partial charge on any atom is -0.496 e. The number of hydrogen-bond acceptors (Lipinski definition) is 9. The molecule has 15 heteroatoms. The van der Waals surface area contributed by atoms with Crippen LogP contribution in [-0.4, -0.2) is 68.6 Å². The minimum atomic E-state index is -2.77. The SMILES string of the molecule is COc1cc(-c2cn(C)c(=O)c3cnc(N4CC(F)(F)C4)cc23)cc(OC)c1CN1Cc2ccc(-c3cccc4c3n(C)c(=O)n4C3CCC(=O)NC3=O)cc2C1. The zero-order valence-electron chi connectivity index (χ0n) is 31.8. The van der Waals surface area contributed by atoms with E-state index in [9.17, 15) is 28.0 Å². The second-order valence-electron chi connectivity index (χ2n) is 15.1. The van der Waals surface area contributed by atoms with E-state index >= 15 is 0 Å². The van der Waals surface area contributed by atoms with Gasteiger partial charge in [0.2, 0.25) is 11.8 Å². The Kier molecular flexibility index (Phi) is 8.53. The van der Waals surface area contributed by atoms with Gasteiger partial charge < -0.3 is 18.9 Å². The van der Waals surface area contributed by atoms with Crippen molar-refractivity contribution >= 4 is 39.4 Å². The molecule has 0 aliphatic carbocycles. The molecule has 2 fully saturated rings. The number of amides is 2. The molecule has 13 nitrogen and oxygen atoms in total. The van der Waals surface area contributed by atoms with Gasteiger partial charge in [-0.3, -0.25) is 33.7 Å². The highest BCUT2D eigenvalue weighted by atomic mass is 19.3. The van der Waals surface area contributed by atoms with Gasteiger partial charge in [0.1, 0.15) is 23.4 Å². The van der Waals surface area contributed by atoms with E-state index in [1.165, 1.54) is 20.2 Å². The van der Waals surface area contributed by atoms with Crippen LogP contribution < -0.4 is 30.9 Å². The maximum Gasteiger partial charge on any atom is 0.329 e. The fraction of sp³-hybridized carbons (Fsp3) is 0.310. The molecular weight excluding hydrogens is 737 g/mol. The van der Waals surface area contributed by atoms with Gasteiger partial charge >= 0.3 is 5.69 Å². The number of ether oxygens (including phenoxy) is 2. The normalized spacial score (nSPS) is 17.9.